The highest BCUT2D eigenvalue weighted by Gasteiger charge is 2.47. The molecule has 1 amide bonds. The van der Waals surface area contributed by atoms with Gasteiger partial charge in [-0.3, -0.25) is 9.59 Å². The number of sulfonamides is 1. The van der Waals surface area contributed by atoms with Gasteiger partial charge in [-0.2, -0.15) is 4.31 Å². The van der Waals surface area contributed by atoms with Gasteiger partial charge in [0.15, 0.2) is 0 Å². The number of benzene rings is 1. The van der Waals surface area contributed by atoms with Crippen molar-refractivity contribution in [1.29, 1.82) is 0 Å². The number of para-hydroxylation sites is 1. The van der Waals surface area contributed by atoms with Crippen molar-refractivity contribution in [2.24, 2.45) is 5.41 Å². The molecule has 1 saturated heterocycles. The minimum atomic E-state index is -3.41. The van der Waals surface area contributed by atoms with E-state index in [0.717, 1.165) is 12.0 Å². The van der Waals surface area contributed by atoms with Gasteiger partial charge in [0.1, 0.15) is 16.7 Å². The Balaban J connectivity index is 1.81. The number of anilines is 1. The highest BCUT2D eigenvalue weighted by atomic mass is 32.3. The number of hydrogen-bond acceptors (Lipinski definition) is 4. The van der Waals surface area contributed by atoms with Crippen LogP contribution < -0.4 is 4.31 Å². The summed E-state index contributed by atoms with van der Waals surface area (Å²) in [6.45, 7) is 1.36. The van der Waals surface area contributed by atoms with Crippen molar-refractivity contribution in [2.75, 3.05) is 30.2 Å². The molecule has 0 aromatic heterocycles. The van der Waals surface area contributed by atoms with Crippen LogP contribution in [-0.4, -0.2) is 52.3 Å². The molecule has 1 fully saturated rings. The molecule has 1 N–H and O–H groups in total. The van der Waals surface area contributed by atoms with Crippen LogP contribution >= 0.6 is 0 Å². The molecule has 1 spiro atoms. The maximum atomic E-state index is 12.3. The van der Waals surface area contributed by atoms with E-state index in [2.05, 4.69) is 0 Å². The van der Waals surface area contributed by atoms with E-state index in [0.29, 0.717) is 31.7 Å². The number of carboxylic acids is 1. The molecular weight excluding hydrogens is 344 g/mol. The van der Waals surface area contributed by atoms with E-state index >= 15 is 0 Å². The Morgan fingerprint density at radius 3 is 2.68 bits per heavy atom. The number of likely N-dealkylation sites (tertiary alicyclic amines) is 1. The summed E-state index contributed by atoms with van der Waals surface area (Å²) in [5.74, 6) is -1.17. The van der Waals surface area contributed by atoms with E-state index in [1.54, 1.807) is 4.90 Å². The zero-order valence-electron chi connectivity index (χ0n) is 14.1. The van der Waals surface area contributed by atoms with Gasteiger partial charge < -0.3 is 14.6 Å². The number of nitrogens with zero attached hydrogens (tertiary/aromatic N) is 2. The molecule has 2 aliphatic rings. The second kappa shape index (κ2) is 6.42. The second-order valence-electron chi connectivity index (χ2n) is 7.03. The first-order chi connectivity index (χ1) is 11.7. The van der Waals surface area contributed by atoms with Gasteiger partial charge in [0.05, 0.1) is 18.7 Å². The number of carboxylic acid groups (broad SMARTS) is 1. The highest BCUT2D eigenvalue weighted by Crippen LogP contribution is 2.44. The first kappa shape index (κ1) is 17.9. The van der Waals surface area contributed by atoms with Crippen LogP contribution in [0.5, 0.6) is 0 Å². The van der Waals surface area contributed by atoms with Crippen molar-refractivity contribution in [1.82, 2.24) is 4.90 Å². The molecule has 8 heteroatoms. The molecule has 0 radical (unpaired) electrons. The van der Waals surface area contributed by atoms with Gasteiger partial charge in [-0.25, -0.2) is 0 Å². The van der Waals surface area contributed by atoms with Crippen molar-refractivity contribution >= 4 is 28.0 Å². The van der Waals surface area contributed by atoms with Crippen molar-refractivity contribution in [3.05, 3.63) is 29.8 Å². The lowest BCUT2D eigenvalue weighted by molar-refractivity contribution is -0.140. The van der Waals surface area contributed by atoms with Gasteiger partial charge in [-0.05, 0) is 24.5 Å². The zero-order chi connectivity index (χ0) is 18.2. The van der Waals surface area contributed by atoms with E-state index in [4.69, 9.17) is 5.11 Å². The summed E-state index contributed by atoms with van der Waals surface area (Å²) in [4.78, 5) is 24.6. The standard InChI is InChI=1S/C17H22N2O5S/c1-25(23,24)19-12-17(10-13-4-2-3-5-14(13)19)8-9-18(11-17)15(20)6-7-16(21)22/h2-5H,6-12H2,1H3,(H-,21,22,23,24). The Labute approximate surface area is 148 Å². The lowest BCUT2D eigenvalue weighted by atomic mass is 9.78. The molecule has 3 rings (SSSR count). The number of rotatable bonds is 4. The molecule has 1 aromatic rings. The molecule has 1 aromatic carbocycles. The highest BCUT2D eigenvalue weighted by molar-refractivity contribution is 7.98. The van der Waals surface area contributed by atoms with E-state index in [1.807, 2.05) is 24.3 Å². The first-order valence-corrected chi connectivity index (χ1v) is 10.1. The van der Waals surface area contributed by atoms with Crippen LogP contribution in [0.1, 0.15) is 24.8 Å². The molecule has 0 saturated carbocycles. The lowest BCUT2D eigenvalue weighted by Gasteiger charge is -2.41. The third-order valence-corrected chi connectivity index (χ3v) is 6.18. The molecular formula is C17H22N2O5S. The zero-order valence-corrected chi connectivity index (χ0v) is 15.0. The Kier molecular flexibility index (Phi) is 4.59. The largest absolute Gasteiger partial charge is 0.593 e. The Bertz CT molecular complexity index is 746. The molecule has 2 unspecified atom stereocenters. The lowest BCUT2D eigenvalue weighted by Crippen LogP contribution is -2.50. The summed E-state index contributed by atoms with van der Waals surface area (Å²) in [7, 11) is -3.41. The van der Waals surface area contributed by atoms with Crippen molar-refractivity contribution < 1.29 is 23.5 Å². The van der Waals surface area contributed by atoms with Gasteiger partial charge in [0, 0.05) is 24.9 Å². The molecule has 2 aliphatic heterocycles. The Hall–Kier alpha value is -1.93. The second-order valence-corrected chi connectivity index (χ2v) is 8.94. The fourth-order valence-corrected chi connectivity index (χ4v) is 4.89. The van der Waals surface area contributed by atoms with Gasteiger partial charge in [0.2, 0.25) is 5.91 Å². The molecule has 7 nitrogen and oxygen atoms in total. The third-order valence-electron chi connectivity index (χ3n) is 5.05. The molecule has 25 heavy (non-hydrogen) atoms. The summed E-state index contributed by atoms with van der Waals surface area (Å²) in [5.41, 5.74) is 1.38. The number of aliphatic carboxylic acids is 1. The van der Waals surface area contributed by atoms with E-state index in [-0.39, 0.29) is 24.2 Å². The molecule has 0 bridgehead atoms. The molecule has 2 heterocycles. The quantitative estimate of drug-likeness (QED) is 0.810. The molecule has 136 valence electrons. The van der Waals surface area contributed by atoms with Gasteiger partial charge in [-0.15, -0.1) is 0 Å². The fourth-order valence-electron chi connectivity index (χ4n) is 3.84. The van der Waals surface area contributed by atoms with E-state index < -0.39 is 16.4 Å². The maximum Gasteiger partial charge on any atom is 0.303 e. The maximum absolute atomic E-state index is 12.3. The normalized spacial score (nSPS) is 24.9. The minimum Gasteiger partial charge on any atom is -0.593 e. The van der Waals surface area contributed by atoms with Gasteiger partial charge in [-0.1, -0.05) is 22.4 Å². The van der Waals surface area contributed by atoms with Crippen LogP contribution in [0, 0.1) is 5.41 Å². The average Bonchev–Trinajstić information content (AvgIpc) is 2.94. The van der Waals surface area contributed by atoms with Crippen molar-refractivity contribution in [3.63, 3.8) is 0 Å². The van der Waals surface area contributed by atoms with Crippen LogP contribution in [0.15, 0.2) is 24.3 Å². The summed E-state index contributed by atoms with van der Waals surface area (Å²) >= 11 is 0. The topological polar surface area (TPSA) is 101 Å². The average molecular weight is 366 g/mol. The van der Waals surface area contributed by atoms with Crippen molar-refractivity contribution in [3.8, 4) is 0 Å². The van der Waals surface area contributed by atoms with E-state index in [1.165, 1.54) is 10.6 Å². The van der Waals surface area contributed by atoms with Crippen molar-refractivity contribution in [2.45, 2.75) is 25.7 Å². The SMILES string of the molecule is C[S+](=O)([O-])N1CC2(CCN(C(=O)CCC(=O)O)C2)Cc2ccccc21. The summed E-state index contributed by atoms with van der Waals surface area (Å²) in [5, 5.41) is 8.74. The summed E-state index contributed by atoms with van der Waals surface area (Å²) in [6, 6.07) is 7.46. The summed E-state index contributed by atoms with van der Waals surface area (Å²) < 4.78 is 26.0. The number of amides is 1. The van der Waals surface area contributed by atoms with Crippen LogP contribution in [0.2, 0.25) is 0 Å². The first-order valence-electron chi connectivity index (χ1n) is 8.25. The fraction of sp³-hybridized carbons (Fsp3) is 0.529. The van der Waals surface area contributed by atoms with Crippen LogP contribution in [0.25, 0.3) is 0 Å². The molecule has 0 aliphatic carbocycles. The number of carbonyl (C=O) groups is 2. The smallest absolute Gasteiger partial charge is 0.303 e. The number of fused-ring (bicyclic) bond motifs is 1. The predicted molar refractivity (Wildman–Crippen MR) is 92.7 cm³/mol. The number of hydrogen-bond donors (Lipinski definition) is 1. The van der Waals surface area contributed by atoms with Crippen LogP contribution in [0.4, 0.5) is 5.69 Å². The number of carbonyl (C=O) groups excluding carboxylic acids is 1. The van der Waals surface area contributed by atoms with Crippen LogP contribution in [0.3, 0.4) is 0 Å². The van der Waals surface area contributed by atoms with Gasteiger partial charge >= 0.3 is 5.97 Å². The van der Waals surface area contributed by atoms with E-state index in [9.17, 15) is 18.4 Å². The summed E-state index contributed by atoms with van der Waals surface area (Å²) in [6.07, 6.45) is 2.44. The minimum absolute atomic E-state index is 0.0161. The molecule has 2 atom stereocenters. The van der Waals surface area contributed by atoms with Gasteiger partial charge in [0.25, 0.3) is 0 Å². The Morgan fingerprint density at radius 2 is 2.00 bits per heavy atom. The Morgan fingerprint density at radius 1 is 1.28 bits per heavy atom. The monoisotopic (exact) mass is 366 g/mol. The predicted octanol–water partition coefficient (Wildman–Crippen LogP) is 1.31. The van der Waals surface area contributed by atoms with Crippen LogP contribution in [-0.2, 0) is 30.6 Å². The third kappa shape index (κ3) is 3.69.